The first kappa shape index (κ1) is 22.4. The van der Waals surface area contributed by atoms with Crippen molar-refractivity contribution in [2.75, 3.05) is 30.8 Å². The van der Waals surface area contributed by atoms with Gasteiger partial charge in [0, 0.05) is 5.69 Å². The van der Waals surface area contributed by atoms with Gasteiger partial charge in [-0.3, -0.25) is 14.5 Å². The molecule has 2 aromatic rings. The second kappa shape index (κ2) is 9.09. The summed E-state index contributed by atoms with van der Waals surface area (Å²) in [7, 11) is 1.55. The van der Waals surface area contributed by atoms with Gasteiger partial charge in [-0.05, 0) is 51.1 Å². The van der Waals surface area contributed by atoms with Crippen molar-refractivity contribution >= 4 is 23.2 Å². The first-order valence-electron chi connectivity index (χ1n) is 8.99. The van der Waals surface area contributed by atoms with Crippen molar-refractivity contribution in [2.24, 2.45) is 0 Å². The average molecular weight is 407 g/mol. The number of para-hydroxylation sites is 1. The molecule has 0 saturated heterocycles. The SMILES string of the molecule is Cc1cc(C)c(NC(=O)CN(C)CC(=O)Nc2ccccc2C(F)(F)F)c(C)c1. The molecule has 2 amide bonds. The summed E-state index contributed by atoms with van der Waals surface area (Å²) in [6.45, 7) is 5.44. The van der Waals surface area contributed by atoms with E-state index in [1.165, 1.54) is 23.1 Å². The van der Waals surface area contributed by atoms with Crippen LogP contribution >= 0.6 is 0 Å². The lowest BCUT2D eigenvalue weighted by Crippen LogP contribution is -2.36. The third kappa shape index (κ3) is 6.32. The fourth-order valence-corrected chi connectivity index (χ4v) is 3.13. The van der Waals surface area contributed by atoms with E-state index in [0.29, 0.717) is 0 Å². The van der Waals surface area contributed by atoms with E-state index in [1.807, 2.05) is 32.9 Å². The zero-order valence-electron chi connectivity index (χ0n) is 16.8. The highest BCUT2D eigenvalue weighted by Crippen LogP contribution is 2.34. The maximum Gasteiger partial charge on any atom is 0.418 e. The second-order valence-corrected chi connectivity index (χ2v) is 7.09. The Bertz CT molecular complexity index is 887. The van der Waals surface area contributed by atoms with Gasteiger partial charge in [0.05, 0.1) is 24.3 Å². The number of anilines is 2. The molecule has 156 valence electrons. The molecule has 0 aliphatic carbocycles. The number of likely N-dealkylation sites (N-methyl/N-ethyl adjacent to an activating group) is 1. The molecule has 2 rings (SSSR count). The van der Waals surface area contributed by atoms with Crippen LogP contribution in [0.1, 0.15) is 22.3 Å². The Morgan fingerprint density at radius 3 is 2.00 bits per heavy atom. The lowest BCUT2D eigenvalue weighted by molar-refractivity contribution is -0.137. The zero-order chi connectivity index (χ0) is 21.8. The molecule has 2 N–H and O–H groups in total. The third-order valence-corrected chi connectivity index (χ3v) is 4.28. The van der Waals surface area contributed by atoms with Gasteiger partial charge in [-0.15, -0.1) is 0 Å². The number of nitrogens with zero attached hydrogens (tertiary/aromatic N) is 1. The van der Waals surface area contributed by atoms with Gasteiger partial charge >= 0.3 is 6.18 Å². The van der Waals surface area contributed by atoms with E-state index in [0.717, 1.165) is 28.4 Å². The van der Waals surface area contributed by atoms with Crippen LogP contribution in [0, 0.1) is 20.8 Å². The molecule has 0 saturated carbocycles. The van der Waals surface area contributed by atoms with Crippen LogP contribution < -0.4 is 10.6 Å². The number of hydrogen-bond donors (Lipinski definition) is 2. The van der Waals surface area contributed by atoms with E-state index in [-0.39, 0.29) is 24.7 Å². The zero-order valence-corrected chi connectivity index (χ0v) is 16.8. The molecule has 0 heterocycles. The average Bonchev–Trinajstić information content (AvgIpc) is 2.57. The predicted molar refractivity (Wildman–Crippen MR) is 107 cm³/mol. The molecule has 0 unspecified atom stereocenters. The molecule has 0 spiro atoms. The number of carbonyl (C=O) groups is 2. The Balaban J connectivity index is 1.95. The number of aryl methyl sites for hydroxylation is 3. The summed E-state index contributed by atoms with van der Waals surface area (Å²) in [4.78, 5) is 25.9. The van der Waals surface area contributed by atoms with Crippen LogP contribution in [0.5, 0.6) is 0 Å². The van der Waals surface area contributed by atoms with Crippen molar-refractivity contribution in [3.05, 3.63) is 58.7 Å². The van der Waals surface area contributed by atoms with Crippen LogP contribution in [-0.2, 0) is 15.8 Å². The van der Waals surface area contributed by atoms with Crippen molar-refractivity contribution < 1.29 is 22.8 Å². The van der Waals surface area contributed by atoms with Gasteiger partial charge in [0.15, 0.2) is 0 Å². The van der Waals surface area contributed by atoms with E-state index in [2.05, 4.69) is 10.6 Å². The van der Waals surface area contributed by atoms with E-state index >= 15 is 0 Å². The minimum absolute atomic E-state index is 0.0822. The summed E-state index contributed by atoms with van der Waals surface area (Å²) in [5.41, 5.74) is 2.44. The van der Waals surface area contributed by atoms with Gasteiger partial charge < -0.3 is 10.6 Å². The van der Waals surface area contributed by atoms with Gasteiger partial charge in [-0.2, -0.15) is 13.2 Å². The lowest BCUT2D eigenvalue weighted by atomic mass is 10.1. The maximum atomic E-state index is 13.0. The predicted octanol–water partition coefficient (Wildman–Crippen LogP) is 4.14. The normalized spacial score (nSPS) is 11.4. The fraction of sp³-hybridized carbons (Fsp3) is 0.333. The van der Waals surface area contributed by atoms with E-state index < -0.39 is 17.6 Å². The van der Waals surface area contributed by atoms with E-state index in [1.54, 1.807) is 7.05 Å². The summed E-state index contributed by atoms with van der Waals surface area (Å²) in [6, 6.07) is 8.67. The third-order valence-electron chi connectivity index (χ3n) is 4.28. The number of halogens is 3. The molecule has 0 aromatic heterocycles. The molecule has 29 heavy (non-hydrogen) atoms. The Morgan fingerprint density at radius 1 is 0.931 bits per heavy atom. The monoisotopic (exact) mass is 407 g/mol. The number of benzene rings is 2. The van der Waals surface area contributed by atoms with Crippen LogP contribution in [-0.4, -0.2) is 36.9 Å². The molecule has 0 atom stereocenters. The topological polar surface area (TPSA) is 61.4 Å². The Morgan fingerprint density at radius 2 is 1.45 bits per heavy atom. The second-order valence-electron chi connectivity index (χ2n) is 7.09. The fourth-order valence-electron chi connectivity index (χ4n) is 3.13. The van der Waals surface area contributed by atoms with E-state index in [4.69, 9.17) is 0 Å². The van der Waals surface area contributed by atoms with Gasteiger partial charge in [0.2, 0.25) is 11.8 Å². The molecule has 5 nitrogen and oxygen atoms in total. The Kier molecular flexibility index (Phi) is 7.02. The summed E-state index contributed by atoms with van der Waals surface area (Å²) < 4.78 is 39.0. The number of carbonyl (C=O) groups excluding carboxylic acids is 2. The number of nitrogens with one attached hydrogen (secondary N) is 2. The van der Waals surface area contributed by atoms with Crippen molar-refractivity contribution in [2.45, 2.75) is 26.9 Å². The highest BCUT2D eigenvalue weighted by molar-refractivity contribution is 5.95. The van der Waals surface area contributed by atoms with Gasteiger partial charge in [-0.25, -0.2) is 0 Å². The quantitative estimate of drug-likeness (QED) is 0.757. The smallest absolute Gasteiger partial charge is 0.324 e. The summed E-state index contributed by atoms with van der Waals surface area (Å²) in [5, 5.41) is 5.09. The van der Waals surface area contributed by atoms with Crippen molar-refractivity contribution in [1.29, 1.82) is 0 Å². The molecule has 0 aliphatic heterocycles. The molecular formula is C21H24F3N3O2. The molecular weight excluding hydrogens is 383 g/mol. The van der Waals surface area contributed by atoms with Crippen molar-refractivity contribution in [1.82, 2.24) is 4.90 Å². The molecule has 0 radical (unpaired) electrons. The number of amides is 2. The van der Waals surface area contributed by atoms with Gasteiger partial charge in [0.1, 0.15) is 0 Å². The molecule has 0 aliphatic rings. The highest BCUT2D eigenvalue weighted by Gasteiger charge is 2.33. The van der Waals surface area contributed by atoms with Crippen LogP contribution in [0.3, 0.4) is 0 Å². The number of rotatable bonds is 6. The Labute approximate surface area is 167 Å². The van der Waals surface area contributed by atoms with Crippen LogP contribution in [0.4, 0.5) is 24.5 Å². The number of hydrogen-bond acceptors (Lipinski definition) is 3. The maximum absolute atomic E-state index is 13.0. The standard InChI is InChI=1S/C21H24F3N3O2/c1-13-9-14(2)20(15(3)10-13)26-19(29)12-27(4)11-18(28)25-17-8-6-5-7-16(17)21(22,23)24/h5-10H,11-12H2,1-4H3,(H,25,28)(H,26,29). The van der Waals surface area contributed by atoms with E-state index in [9.17, 15) is 22.8 Å². The summed E-state index contributed by atoms with van der Waals surface area (Å²) in [6.07, 6.45) is -4.57. The minimum Gasteiger partial charge on any atom is -0.324 e. The number of alkyl halides is 3. The first-order valence-corrected chi connectivity index (χ1v) is 8.99. The minimum atomic E-state index is -4.57. The van der Waals surface area contributed by atoms with Crippen molar-refractivity contribution in [3.63, 3.8) is 0 Å². The lowest BCUT2D eigenvalue weighted by Gasteiger charge is -2.19. The molecule has 0 bridgehead atoms. The van der Waals surface area contributed by atoms with Gasteiger partial charge in [-0.1, -0.05) is 29.8 Å². The molecule has 8 heteroatoms. The largest absolute Gasteiger partial charge is 0.418 e. The molecule has 2 aromatic carbocycles. The van der Waals surface area contributed by atoms with Crippen LogP contribution in [0.2, 0.25) is 0 Å². The van der Waals surface area contributed by atoms with Crippen molar-refractivity contribution in [3.8, 4) is 0 Å². The molecule has 0 fully saturated rings. The highest BCUT2D eigenvalue weighted by atomic mass is 19.4. The van der Waals surface area contributed by atoms with Crippen LogP contribution in [0.15, 0.2) is 36.4 Å². The summed E-state index contributed by atoms with van der Waals surface area (Å²) >= 11 is 0. The summed E-state index contributed by atoms with van der Waals surface area (Å²) in [5.74, 6) is -0.953. The first-order chi connectivity index (χ1) is 13.5. The van der Waals surface area contributed by atoms with Gasteiger partial charge in [0.25, 0.3) is 0 Å². The van der Waals surface area contributed by atoms with Crippen LogP contribution in [0.25, 0.3) is 0 Å². The Hall–Kier alpha value is -2.87.